The molecule has 0 spiro atoms. The molecule has 1 aromatic heterocycles. The monoisotopic (exact) mass is 300 g/mol. The Bertz CT molecular complexity index is 598. The molecule has 2 aliphatic rings. The Balaban J connectivity index is 1.55. The first kappa shape index (κ1) is 13.1. The van der Waals surface area contributed by atoms with Crippen LogP contribution in [0.25, 0.3) is 0 Å². The maximum absolute atomic E-state index is 11.9. The maximum Gasteiger partial charge on any atom is 0.247 e. The summed E-state index contributed by atoms with van der Waals surface area (Å²) < 4.78 is 22.4. The third-order valence-electron chi connectivity index (χ3n) is 4.06. The number of fused-ring (bicyclic) bond motifs is 1. The van der Waals surface area contributed by atoms with Crippen LogP contribution >= 0.6 is 11.3 Å². The first-order valence-corrected chi connectivity index (χ1v) is 8.72. The Kier molecular flexibility index (Phi) is 3.15. The maximum atomic E-state index is 11.9. The van der Waals surface area contributed by atoms with Crippen LogP contribution < -0.4 is 10.5 Å². The second-order valence-electron chi connectivity index (χ2n) is 5.27. The van der Waals surface area contributed by atoms with Crippen molar-refractivity contribution in [3.63, 3.8) is 0 Å². The second kappa shape index (κ2) is 4.57. The first-order valence-electron chi connectivity index (χ1n) is 6.36. The number of primary sulfonamides is 1. The van der Waals surface area contributed by atoms with E-state index in [1.54, 1.807) is 6.07 Å². The highest BCUT2D eigenvalue weighted by molar-refractivity contribution is 7.91. The van der Waals surface area contributed by atoms with E-state index in [4.69, 9.17) is 5.14 Å². The predicted molar refractivity (Wildman–Crippen MR) is 71.9 cm³/mol. The van der Waals surface area contributed by atoms with Gasteiger partial charge in [0.1, 0.15) is 4.21 Å². The Morgan fingerprint density at radius 1 is 1.37 bits per heavy atom. The molecule has 2 saturated carbocycles. The summed E-state index contributed by atoms with van der Waals surface area (Å²) in [5, 5.41) is 7.93. The summed E-state index contributed by atoms with van der Waals surface area (Å²) in [5.41, 5.74) is 0. The SMILES string of the molecule is NS(=O)(=O)c1ccc(CNC(=O)C2C3CCCC32)s1. The molecule has 2 aliphatic carbocycles. The van der Waals surface area contributed by atoms with E-state index in [2.05, 4.69) is 5.32 Å². The number of rotatable bonds is 4. The smallest absolute Gasteiger partial charge is 0.247 e. The van der Waals surface area contributed by atoms with Gasteiger partial charge in [0, 0.05) is 10.8 Å². The fraction of sp³-hybridized carbons (Fsp3) is 0.583. The quantitative estimate of drug-likeness (QED) is 0.871. The molecule has 3 N–H and O–H groups in total. The van der Waals surface area contributed by atoms with Gasteiger partial charge in [-0.05, 0) is 36.8 Å². The van der Waals surface area contributed by atoms with E-state index < -0.39 is 10.0 Å². The molecule has 104 valence electrons. The number of hydrogen-bond acceptors (Lipinski definition) is 4. The van der Waals surface area contributed by atoms with E-state index in [-0.39, 0.29) is 16.0 Å². The summed E-state index contributed by atoms with van der Waals surface area (Å²) in [6, 6.07) is 3.17. The van der Waals surface area contributed by atoms with Gasteiger partial charge in [-0.1, -0.05) is 6.42 Å². The third-order valence-corrected chi connectivity index (χ3v) is 6.59. The van der Waals surface area contributed by atoms with Crippen molar-refractivity contribution in [2.75, 3.05) is 0 Å². The fourth-order valence-corrected chi connectivity index (χ4v) is 4.83. The molecule has 0 radical (unpaired) electrons. The Labute approximate surface area is 116 Å². The van der Waals surface area contributed by atoms with Gasteiger partial charge in [0.15, 0.2) is 0 Å². The number of carbonyl (C=O) groups is 1. The minimum Gasteiger partial charge on any atom is -0.351 e. The van der Waals surface area contributed by atoms with E-state index in [1.165, 1.54) is 25.3 Å². The van der Waals surface area contributed by atoms with Gasteiger partial charge in [-0.25, -0.2) is 13.6 Å². The molecule has 1 aromatic rings. The van der Waals surface area contributed by atoms with Crippen LogP contribution in [-0.2, 0) is 21.4 Å². The molecule has 2 fully saturated rings. The lowest BCUT2D eigenvalue weighted by atomic mass is 10.1. The zero-order valence-corrected chi connectivity index (χ0v) is 12.0. The molecule has 19 heavy (non-hydrogen) atoms. The van der Waals surface area contributed by atoms with Crippen LogP contribution in [0.1, 0.15) is 24.1 Å². The Morgan fingerprint density at radius 2 is 2.05 bits per heavy atom. The number of hydrogen-bond donors (Lipinski definition) is 2. The number of carbonyl (C=O) groups excluding carboxylic acids is 1. The zero-order valence-electron chi connectivity index (χ0n) is 10.3. The van der Waals surface area contributed by atoms with E-state index in [9.17, 15) is 13.2 Å². The van der Waals surface area contributed by atoms with Crippen molar-refractivity contribution in [3.8, 4) is 0 Å². The van der Waals surface area contributed by atoms with E-state index in [0.29, 0.717) is 18.4 Å². The predicted octanol–water partition coefficient (Wildman–Crippen LogP) is 1.06. The van der Waals surface area contributed by atoms with Crippen molar-refractivity contribution in [2.24, 2.45) is 22.9 Å². The molecule has 0 bridgehead atoms. The molecule has 3 rings (SSSR count). The zero-order chi connectivity index (χ0) is 13.6. The highest BCUT2D eigenvalue weighted by Gasteiger charge is 2.56. The summed E-state index contributed by atoms with van der Waals surface area (Å²) >= 11 is 1.11. The second-order valence-corrected chi connectivity index (χ2v) is 8.22. The van der Waals surface area contributed by atoms with Crippen molar-refractivity contribution < 1.29 is 13.2 Å². The summed E-state index contributed by atoms with van der Waals surface area (Å²) in [6.07, 6.45) is 3.61. The number of nitrogens with two attached hydrogens (primary N) is 1. The van der Waals surface area contributed by atoms with Crippen molar-refractivity contribution in [1.82, 2.24) is 5.32 Å². The lowest BCUT2D eigenvalue weighted by molar-refractivity contribution is -0.123. The highest BCUT2D eigenvalue weighted by atomic mass is 32.2. The molecule has 2 atom stereocenters. The number of amides is 1. The third kappa shape index (κ3) is 2.54. The lowest BCUT2D eigenvalue weighted by Crippen LogP contribution is -2.25. The molecule has 0 aliphatic heterocycles. The summed E-state index contributed by atoms with van der Waals surface area (Å²) in [4.78, 5) is 12.8. The summed E-state index contributed by atoms with van der Waals surface area (Å²) in [7, 11) is -3.63. The largest absolute Gasteiger partial charge is 0.351 e. The Morgan fingerprint density at radius 3 is 2.63 bits per heavy atom. The van der Waals surface area contributed by atoms with Gasteiger partial charge in [-0.2, -0.15) is 0 Å². The number of sulfonamides is 1. The Hall–Kier alpha value is -0.920. The molecule has 0 aromatic carbocycles. The molecular weight excluding hydrogens is 284 g/mol. The molecule has 2 unspecified atom stereocenters. The minimum atomic E-state index is -3.63. The first-order chi connectivity index (χ1) is 8.97. The van der Waals surface area contributed by atoms with Gasteiger partial charge >= 0.3 is 0 Å². The van der Waals surface area contributed by atoms with Crippen molar-refractivity contribution >= 4 is 27.3 Å². The van der Waals surface area contributed by atoms with Gasteiger partial charge in [-0.15, -0.1) is 11.3 Å². The van der Waals surface area contributed by atoms with Crippen molar-refractivity contribution in [3.05, 3.63) is 17.0 Å². The molecule has 5 nitrogen and oxygen atoms in total. The van der Waals surface area contributed by atoms with Crippen LogP contribution in [-0.4, -0.2) is 14.3 Å². The van der Waals surface area contributed by atoms with Crippen LogP contribution in [0.2, 0.25) is 0 Å². The number of thiophene rings is 1. The van der Waals surface area contributed by atoms with Crippen molar-refractivity contribution in [1.29, 1.82) is 0 Å². The highest BCUT2D eigenvalue weighted by Crippen LogP contribution is 2.57. The van der Waals surface area contributed by atoms with E-state index in [0.717, 1.165) is 16.2 Å². The van der Waals surface area contributed by atoms with Gasteiger partial charge in [0.25, 0.3) is 0 Å². The van der Waals surface area contributed by atoms with E-state index in [1.807, 2.05) is 0 Å². The fourth-order valence-electron chi connectivity index (χ4n) is 3.11. The van der Waals surface area contributed by atoms with Gasteiger partial charge in [0.2, 0.25) is 15.9 Å². The molecule has 1 heterocycles. The van der Waals surface area contributed by atoms with Gasteiger partial charge in [-0.3, -0.25) is 4.79 Å². The van der Waals surface area contributed by atoms with Gasteiger partial charge in [0.05, 0.1) is 6.54 Å². The van der Waals surface area contributed by atoms with Crippen molar-refractivity contribution in [2.45, 2.75) is 30.0 Å². The summed E-state index contributed by atoms with van der Waals surface area (Å²) in [5.74, 6) is 1.51. The van der Waals surface area contributed by atoms with Crippen LogP contribution in [0.5, 0.6) is 0 Å². The number of nitrogens with one attached hydrogen (secondary N) is 1. The van der Waals surface area contributed by atoms with E-state index >= 15 is 0 Å². The van der Waals surface area contributed by atoms with Crippen LogP contribution in [0.4, 0.5) is 0 Å². The summed E-state index contributed by atoms with van der Waals surface area (Å²) in [6.45, 7) is 0.384. The molecule has 1 amide bonds. The minimum absolute atomic E-state index is 0.111. The average Bonchev–Trinajstić information content (AvgIpc) is 2.75. The van der Waals surface area contributed by atoms with Crippen LogP contribution in [0.15, 0.2) is 16.3 Å². The normalized spacial score (nSPS) is 29.0. The molecular formula is C12H16N2O3S2. The standard InChI is InChI=1S/C12H16N2O3S2/c13-19(16,17)10-5-4-7(18-10)6-14-12(15)11-8-2-1-3-9(8)11/h4-5,8-9,11H,1-3,6H2,(H,14,15)(H2,13,16,17). The lowest BCUT2D eigenvalue weighted by Gasteiger charge is -2.04. The average molecular weight is 300 g/mol. The van der Waals surface area contributed by atoms with Crippen LogP contribution in [0, 0.1) is 17.8 Å². The van der Waals surface area contributed by atoms with Gasteiger partial charge < -0.3 is 5.32 Å². The molecule has 7 heteroatoms. The molecule has 0 saturated heterocycles. The van der Waals surface area contributed by atoms with Crippen LogP contribution in [0.3, 0.4) is 0 Å². The topological polar surface area (TPSA) is 89.3 Å².